The van der Waals surface area contributed by atoms with Crippen molar-refractivity contribution in [3.05, 3.63) is 42.6 Å². The summed E-state index contributed by atoms with van der Waals surface area (Å²) in [5.41, 5.74) is 0.212. The van der Waals surface area contributed by atoms with E-state index in [0.717, 1.165) is 17.3 Å². The van der Waals surface area contributed by atoms with Gasteiger partial charge in [0.05, 0.1) is 16.9 Å². The number of pyridine rings is 1. The summed E-state index contributed by atoms with van der Waals surface area (Å²) >= 11 is 1.59. The number of carboxylic acids is 1. The standard InChI is InChI=1S/C11H11N3O2S/c15-11(16)9-1-2-10(13-7-9)17-6-5-14-4-3-12-8-14/h1-4,7-8H,5-6H2,(H,15,16). The number of rotatable bonds is 5. The van der Waals surface area contributed by atoms with Crippen LogP contribution in [-0.2, 0) is 6.54 Å². The van der Waals surface area contributed by atoms with Crippen LogP contribution in [0.4, 0.5) is 0 Å². The summed E-state index contributed by atoms with van der Waals surface area (Å²) in [6, 6.07) is 3.29. The highest BCUT2D eigenvalue weighted by atomic mass is 32.2. The van der Waals surface area contributed by atoms with E-state index in [1.807, 2.05) is 10.8 Å². The molecule has 0 unspecified atom stereocenters. The van der Waals surface area contributed by atoms with Crippen molar-refractivity contribution < 1.29 is 9.90 Å². The average molecular weight is 249 g/mol. The molecule has 0 aliphatic heterocycles. The number of hydrogen-bond acceptors (Lipinski definition) is 4. The summed E-state index contributed by atoms with van der Waals surface area (Å²) in [6.07, 6.45) is 6.79. The predicted molar refractivity (Wildman–Crippen MR) is 64.1 cm³/mol. The number of imidazole rings is 1. The number of nitrogens with zero attached hydrogens (tertiary/aromatic N) is 3. The molecule has 0 aromatic carbocycles. The molecule has 2 rings (SSSR count). The first-order valence-corrected chi connectivity index (χ1v) is 6.02. The molecule has 2 heterocycles. The van der Waals surface area contributed by atoms with Gasteiger partial charge in [-0.1, -0.05) is 0 Å². The van der Waals surface area contributed by atoms with Crippen LogP contribution < -0.4 is 0 Å². The SMILES string of the molecule is O=C(O)c1ccc(SCCn2ccnc2)nc1. The first-order valence-electron chi connectivity index (χ1n) is 5.03. The van der Waals surface area contributed by atoms with Crippen molar-refractivity contribution >= 4 is 17.7 Å². The number of carbonyl (C=O) groups is 1. The second kappa shape index (κ2) is 5.49. The molecule has 0 fully saturated rings. The van der Waals surface area contributed by atoms with Crippen LogP contribution in [0.15, 0.2) is 42.1 Å². The Kier molecular flexibility index (Phi) is 3.77. The lowest BCUT2D eigenvalue weighted by Crippen LogP contribution is -1.99. The highest BCUT2D eigenvalue weighted by Crippen LogP contribution is 2.15. The van der Waals surface area contributed by atoms with E-state index in [4.69, 9.17) is 5.11 Å². The Morgan fingerprint density at radius 2 is 2.35 bits per heavy atom. The first kappa shape index (κ1) is 11.7. The Bertz CT molecular complexity index is 482. The van der Waals surface area contributed by atoms with E-state index in [9.17, 15) is 4.79 Å². The van der Waals surface area contributed by atoms with Crippen molar-refractivity contribution in [2.45, 2.75) is 11.6 Å². The lowest BCUT2D eigenvalue weighted by atomic mass is 10.3. The Morgan fingerprint density at radius 3 is 2.94 bits per heavy atom. The van der Waals surface area contributed by atoms with Crippen LogP contribution in [0.2, 0.25) is 0 Å². The van der Waals surface area contributed by atoms with Gasteiger partial charge < -0.3 is 9.67 Å². The monoisotopic (exact) mass is 249 g/mol. The third-order valence-corrected chi connectivity index (χ3v) is 3.07. The fraction of sp³-hybridized carbons (Fsp3) is 0.182. The van der Waals surface area contributed by atoms with Gasteiger partial charge in [0.1, 0.15) is 0 Å². The number of hydrogen-bond donors (Lipinski definition) is 1. The van der Waals surface area contributed by atoms with Gasteiger partial charge in [-0.2, -0.15) is 0 Å². The third-order valence-electron chi connectivity index (χ3n) is 2.14. The topological polar surface area (TPSA) is 68.0 Å². The van der Waals surface area contributed by atoms with Gasteiger partial charge in [-0.3, -0.25) is 0 Å². The van der Waals surface area contributed by atoms with Crippen LogP contribution in [0, 0.1) is 0 Å². The van der Waals surface area contributed by atoms with Gasteiger partial charge in [0.2, 0.25) is 0 Å². The van der Waals surface area contributed by atoms with Crippen LogP contribution >= 0.6 is 11.8 Å². The highest BCUT2D eigenvalue weighted by Gasteiger charge is 2.03. The first-order chi connectivity index (χ1) is 8.25. The summed E-state index contributed by atoms with van der Waals surface area (Å²) < 4.78 is 1.98. The molecule has 0 saturated carbocycles. The van der Waals surface area contributed by atoms with E-state index >= 15 is 0 Å². The number of aryl methyl sites for hydroxylation is 1. The normalized spacial score (nSPS) is 10.4. The van der Waals surface area contributed by atoms with Crippen LogP contribution in [0.25, 0.3) is 0 Å². The van der Waals surface area contributed by atoms with Crippen LogP contribution in [0.5, 0.6) is 0 Å². The second-order valence-electron chi connectivity index (χ2n) is 3.34. The molecule has 17 heavy (non-hydrogen) atoms. The van der Waals surface area contributed by atoms with Crippen molar-refractivity contribution in [1.82, 2.24) is 14.5 Å². The van der Waals surface area contributed by atoms with E-state index in [2.05, 4.69) is 9.97 Å². The van der Waals surface area contributed by atoms with E-state index in [1.165, 1.54) is 6.20 Å². The second-order valence-corrected chi connectivity index (χ2v) is 4.45. The van der Waals surface area contributed by atoms with Gasteiger partial charge >= 0.3 is 5.97 Å². The van der Waals surface area contributed by atoms with Gasteiger partial charge in [-0.25, -0.2) is 14.8 Å². The van der Waals surface area contributed by atoms with Crippen molar-refractivity contribution in [1.29, 1.82) is 0 Å². The molecule has 2 aromatic heterocycles. The molecule has 0 aliphatic carbocycles. The maximum atomic E-state index is 10.6. The molecular weight excluding hydrogens is 238 g/mol. The number of aromatic carboxylic acids is 1. The maximum Gasteiger partial charge on any atom is 0.337 e. The molecule has 0 atom stereocenters. The summed E-state index contributed by atoms with van der Waals surface area (Å²) in [7, 11) is 0. The van der Waals surface area contributed by atoms with E-state index in [1.54, 1.807) is 36.4 Å². The smallest absolute Gasteiger partial charge is 0.337 e. The molecule has 0 radical (unpaired) electrons. The molecule has 2 aromatic rings. The third kappa shape index (κ3) is 3.32. The molecule has 0 aliphatic rings. The molecule has 6 heteroatoms. The zero-order chi connectivity index (χ0) is 12.1. The Balaban J connectivity index is 1.85. The molecule has 5 nitrogen and oxygen atoms in total. The van der Waals surface area contributed by atoms with Crippen LogP contribution in [0.1, 0.15) is 10.4 Å². The highest BCUT2D eigenvalue weighted by molar-refractivity contribution is 7.99. The van der Waals surface area contributed by atoms with E-state index in [-0.39, 0.29) is 5.56 Å². The predicted octanol–water partition coefficient (Wildman–Crippen LogP) is 1.77. The van der Waals surface area contributed by atoms with Gasteiger partial charge in [0.15, 0.2) is 0 Å². The minimum absolute atomic E-state index is 0.212. The number of aromatic nitrogens is 3. The maximum absolute atomic E-state index is 10.6. The Morgan fingerprint density at radius 1 is 1.47 bits per heavy atom. The van der Waals surface area contributed by atoms with Gasteiger partial charge in [-0.15, -0.1) is 11.8 Å². The summed E-state index contributed by atoms with van der Waals surface area (Å²) in [5.74, 6) is -0.0806. The fourth-order valence-corrected chi connectivity index (χ4v) is 2.07. The molecular formula is C11H11N3O2S. The minimum atomic E-state index is -0.951. The quantitative estimate of drug-likeness (QED) is 0.818. The lowest BCUT2D eigenvalue weighted by molar-refractivity contribution is 0.0696. The van der Waals surface area contributed by atoms with Crippen LogP contribution in [-0.4, -0.2) is 31.4 Å². The van der Waals surface area contributed by atoms with Crippen LogP contribution in [0.3, 0.4) is 0 Å². The fourth-order valence-electron chi connectivity index (χ4n) is 1.27. The van der Waals surface area contributed by atoms with Gasteiger partial charge in [0.25, 0.3) is 0 Å². The summed E-state index contributed by atoms with van der Waals surface area (Å²) in [5, 5.41) is 9.55. The molecule has 0 amide bonds. The minimum Gasteiger partial charge on any atom is -0.478 e. The zero-order valence-electron chi connectivity index (χ0n) is 8.98. The number of carboxylic acid groups (broad SMARTS) is 1. The molecule has 0 bridgehead atoms. The van der Waals surface area contributed by atoms with Crippen molar-refractivity contribution in [3.8, 4) is 0 Å². The summed E-state index contributed by atoms with van der Waals surface area (Å²) in [6.45, 7) is 0.854. The van der Waals surface area contributed by atoms with Gasteiger partial charge in [0, 0.05) is 30.9 Å². The largest absolute Gasteiger partial charge is 0.478 e. The summed E-state index contributed by atoms with van der Waals surface area (Å²) in [4.78, 5) is 18.7. The number of thioether (sulfide) groups is 1. The lowest BCUT2D eigenvalue weighted by Gasteiger charge is -2.02. The zero-order valence-corrected chi connectivity index (χ0v) is 9.80. The molecule has 88 valence electrons. The average Bonchev–Trinajstić information content (AvgIpc) is 2.83. The van der Waals surface area contributed by atoms with Crippen molar-refractivity contribution in [2.75, 3.05) is 5.75 Å². The molecule has 1 N–H and O–H groups in total. The van der Waals surface area contributed by atoms with E-state index < -0.39 is 5.97 Å². The Hall–Kier alpha value is -1.82. The van der Waals surface area contributed by atoms with Crippen molar-refractivity contribution in [2.24, 2.45) is 0 Å². The van der Waals surface area contributed by atoms with Crippen molar-refractivity contribution in [3.63, 3.8) is 0 Å². The van der Waals surface area contributed by atoms with Gasteiger partial charge in [-0.05, 0) is 12.1 Å². The molecule has 0 saturated heterocycles. The Labute approximate surface area is 103 Å². The molecule has 0 spiro atoms. The van der Waals surface area contributed by atoms with E-state index in [0.29, 0.717) is 0 Å².